The van der Waals surface area contributed by atoms with Crippen LogP contribution in [0, 0.1) is 5.82 Å². The molecule has 0 saturated heterocycles. The Hall–Kier alpha value is -1.88. The molecule has 1 aromatic carbocycles. The summed E-state index contributed by atoms with van der Waals surface area (Å²) < 4.78 is 21.1. The molecule has 2 rings (SSSR count). The summed E-state index contributed by atoms with van der Waals surface area (Å²) in [5.74, 6) is 1.03. The summed E-state index contributed by atoms with van der Waals surface area (Å²) >= 11 is 0. The van der Waals surface area contributed by atoms with Gasteiger partial charge in [0.25, 0.3) is 0 Å². The first-order valence-corrected chi connectivity index (χ1v) is 7.11. The molecule has 1 heterocycles. The standard InChI is InChI=1S/C16H22FN3O/c1-5-20-11-14(10-19-20)21-15-7-6-13(17)8-12(15)9-18-16(2,3)4/h6-8,10-11,18H,5,9H2,1-4H3. The van der Waals surface area contributed by atoms with E-state index in [1.807, 2.05) is 13.1 Å². The van der Waals surface area contributed by atoms with Crippen LogP contribution in [-0.2, 0) is 13.1 Å². The third-order valence-electron chi connectivity index (χ3n) is 2.99. The van der Waals surface area contributed by atoms with Crippen molar-refractivity contribution in [3.8, 4) is 11.5 Å². The molecule has 1 N–H and O–H groups in total. The van der Waals surface area contributed by atoms with Gasteiger partial charge in [-0.05, 0) is 45.9 Å². The molecule has 5 heteroatoms. The highest BCUT2D eigenvalue weighted by Crippen LogP contribution is 2.26. The minimum absolute atomic E-state index is 0.0450. The molecular formula is C16H22FN3O. The molecule has 0 radical (unpaired) electrons. The number of nitrogens with one attached hydrogen (secondary N) is 1. The number of aromatic nitrogens is 2. The lowest BCUT2D eigenvalue weighted by Gasteiger charge is -2.21. The largest absolute Gasteiger partial charge is 0.454 e. The predicted octanol–water partition coefficient (Wildman–Crippen LogP) is 3.72. The lowest BCUT2D eigenvalue weighted by Crippen LogP contribution is -2.35. The van der Waals surface area contributed by atoms with Gasteiger partial charge in [0.15, 0.2) is 5.75 Å². The van der Waals surface area contributed by atoms with Crippen molar-refractivity contribution in [1.82, 2.24) is 15.1 Å². The first-order valence-electron chi connectivity index (χ1n) is 7.11. The zero-order valence-corrected chi connectivity index (χ0v) is 13.0. The molecule has 0 bridgehead atoms. The fraction of sp³-hybridized carbons (Fsp3) is 0.438. The highest BCUT2D eigenvalue weighted by atomic mass is 19.1. The smallest absolute Gasteiger partial charge is 0.165 e. The molecule has 114 valence electrons. The fourth-order valence-electron chi connectivity index (χ4n) is 1.84. The number of aryl methyl sites for hydroxylation is 1. The van der Waals surface area contributed by atoms with Crippen molar-refractivity contribution in [2.75, 3.05) is 0 Å². The molecule has 4 nitrogen and oxygen atoms in total. The van der Waals surface area contributed by atoms with Crippen molar-refractivity contribution in [3.63, 3.8) is 0 Å². The van der Waals surface area contributed by atoms with Crippen LogP contribution in [0.3, 0.4) is 0 Å². The quantitative estimate of drug-likeness (QED) is 0.912. The molecule has 0 saturated carbocycles. The van der Waals surface area contributed by atoms with Gasteiger partial charge in [-0.3, -0.25) is 4.68 Å². The Morgan fingerprint density at radius 3 is 2.71 bits per heavy atom. The second kappa shape index (κ2) is 6.26. The summed E-state index contributed by atoms with van der Waals surface area (Å²) in [6.07, 6.45) is 3.48. The summed E-state index contributed by atoms with van der Waals surface area (Å²) in [5, 5.41) is 7.51. The minimum Gasteiger partial charge on any atom is -0.454 e. The normalized spacial score (nSPS) is 11.7. The molecule has 0 fully saturated rings. The molecule has 0 aliphatic carbocycles. The molecule has 0 aliphatic heterocycles. The van der Waals surface area contributed by atoms with Crippen LogP contribution in [0.4, 0.5) is 4.39 Å². The number of ether oxygens (including phenoxy) is 1. The molecule has 21 heavy (non-hydrogen) atoms. The van der Waals surface area contributed by atoms with Crippen molar-refractivity contribution < 1.29 is 9.13 Å². The van der Waals surface area contributed by atoms with Crippen LogP contribution in [-0.4, -0.2) is 15.3 Å². The van der Waals surface area contributed by atoms with Gasteiger partial charge in [-0.2, -0.15) is 5.10 Å². The van der Waals surface area contributed by atoms with Crippen LogP contribution in [0.25, 0.3) is 0 Å². The Morgan fingerprint density at radius 2 is 2.10 bits per heavy atom. The van der Waals surface area contributed by atoms with Crippen LogP contribution in [0.2, 0.25) is 0 Å². The van der Waals surface area contributed by atoms with Gasteiger partial charge in [0.05, 0.1) is 12.4 Å². The van der Waals surface area contributed by atoms with Crippen molar-refractivity contribution in [2.24, 2.45) is 0 Å². The van der Waals surface area contributed by atoms with Crippen LogP contribution in [0.5, 0.6) is 11.5 Å². The van der Waals surface area contributed by atoms with Crippen molar-refractivity contribution in [1.29, 1.82) is 0 Å². The van der Waals surface area contributed by atoms with E-state index in [4.69, 9.17) is 4.74 Å². The average molecular weight is 291 g/mol. The Kier molecular flexibility index (Phi) is 4.63. The Morgan fingerprint density at radius 1 is 1.33 bits per heavy atom. The summed E-state index contributed by atoms with van der Waals surface area (Å²) in [5.41, 5.74) is 0.741. The fourth-order valence-corrected chi connectivity index (χ4v) is 1.84. The third-order valence-corrected chi connectivity index (χ3v) is 2.99. The van der Waals surface area contributed by atoms with E-state index < -0.39 is 0 Å². The molecule has 0 aliphatic rings. The summed E-state index contributed by atoms with van der Waals surface area (Å²) in [7, 11) is 0. The highest BCUT2D eigenvalue weighted by molar-refractivity contribution is 5.37. The van der Waals surface area contributed by atoms with Gasteiger partial charge in [0.1, 0.15) is 11.6 Å². The topological polar surface area (TPSA) is 39.1 Å². The molecular weight excluding hydrogens is 269 g/mol. The number of benzene rings is 1. The Bertz CT molecular complexity index is 602. The summed E-state index contributed by atoms with van der Waals surface area (Å²) in [6, 6.07) is 4.55. The molecule has 0 unspecified atom stereocenters. The molecule has 0 spiro atoms. The molecule has 2 aromatic rings. The van der Waals surface area contributed by atoms with E-state index in [2.05, 4.69) is 31.2 Å². The number of halogens is 1. The second-order valence-electron chi connectivity index (χ2n) is 5.99. The van der Waals surface area contributed by atoms with Crippen molar-refractivity contribution in [3.05, 3.63) is 42.0 Å². The maximum absolute atomic E-state index is 13.5. The van der Waals surface area contributed by atoms with Gasteiger partial charge in [-0.25, -0.2) is 4.39 Å². The van der Waals surface area contributed by atoms with Crippen LogP contribution < -0.4 is 10.1 Å². The van der Waals surface area contributed by atoms with E-state index in [-0.39, 0.29) is 11.4 Å². The van der Waals surface area contributed by atoms with Gasteiger partial charge < -0.3 is 10.1 Å². The number of nitrogens with zero attached hydrogens (tertiary/aromatic N) is 2. The zero-order chi connectivity index (χ0) is 15.5. The van der Waals surface area contributed by atoms with E-state index >= 15 is 0 Å². The molecule has 1 aromatic heterocycles. The Labute approximate surface area is 124 Å². The van der Waals surface area contributed by atoms with Crippen LogP contribution in [0.15, 0.2) is 30.6 Å². The maximum Gasteiger partial charge on any atom is 0.165 e. The van der Waals surface area contributed by atoms with E-state index in [1.165, 1.54) is 12.1 Å². The zero-order valence-electron chi connectivity index (χ0n) is 13.0. The first-order chi connectivity index (χ1) is 9.87. The van der Waals surface area contributed by atoms with Gasteiger partial charge in [0.2, 0.25) is 0 Å². The lowest BCUT2D eigenvalue weighted by atomic mass is 10.1. The second-order valence-corrected chi connectivity index (χ2v) is 5.99. The van der Waals surface area contributed by atoms with E-state index in [1.54, 1.807) is 16.9 Å². The van der Waals surface area contributed by atoms with Gasteiger partial charge in [-0.15, -0.1) is 0 Å². The van der Waals surface area contributed by atoms with Gasteiger partial charge in [0, 0.05) is 24.2 Å². The predicted molar refractivity (Wildman–Crippen MR) is 81.0 cm³/mol. The van der Waals surface area contributed by atoms with Crippen LogP contribution >= 0.6 is 0 Å². The number of hydrogen-bond acceptors (Lipinski definition) is 3. The summed E-state index contributed by atoms with van der Waals surface area (Å²) in [6.45, 7) is 9.53. The molecule has 0 atom stereocenters. The van der Waals surface area contributed by atoms with Crippen LogP contribution in [0.1, 0.15) is 33.3 Å². The Balaban J connectivity index is 2.17. The van der Waals surface area contributed by atoms with Gasteiger partial charge in [-0.1, -0.05) is 0 Å². The molecule has 0 amide bonds. The lowest BCUT2D eigenvalue weighted by molar-refractivity contribution is 0.413. The number of rotatable bonds is 5. The summed E-state index contributed by atoms with van der Waals surface area (Å²) in [4.78, 5) is 0. The third kappa shape index (κ3) is 4.56. The van der Waals surface area contributed by atoms with Gasteiger partial charge >= 0.3 is 0 Å². The van der Waals surface area contributed by atoms with E-state index in [0.717, 1.165) is 12.1 Å². The van der Waals surface area contributed by atoms with E-state index in [0.29, 0.717) is 18.0 Å². The van der Waals surface area contributed by atoms with Crippen molar-refractivity contribution in [2.45, 2.75) is 46.3 Å². The van der Waals surface area contributed by atoms with E-state index in [9.17, 15) is 4.39 Å². The first kappa shape index (κ1) is 15.5. The van der Waals surface area contributed by atoms with Crippen molar-refractivity contribution >= 4 is 0 Å². The number of hydrogen-bond donors (Lipinski definition) is 1. The highest BCUT2D eigenvalue weighted by Gasteiger charge is 2.13. The SMILES string of the molecule is CCn1cc(Oc2ccc(F)cc2CNC(C)(C)C)cn1. The minimum atomic E-state index is -0.266. The monoisotopic (exact) mass is 291 g/mol. The average Bonchev–Trinajstić information content (AvgIpc) is 2.86. The maximum atomic E-state index is 13.5.